The minimum absolute atomic E-state index is 1.16. The Morgan fingerprint density at radius 3 is 1.20 bits per heavy atom. The first kappa shape index (κ1) is 32.4. The van der Waals surface area contributed by atoms with E-state index in [1.807, 2.05) is 11.3 Å². The number of aromatic nitrogens is 1. The van der Waals surface area contributed by atoms with Crippen LogP contribution in [0.3, 0.4) is 0 Å². The van der Waals surface area contributed by atoms with Crippen molar-refractivity contribution in [2.45, 2.75) is 0 Å². The number of rotatable bonds is 6. The highest BCUT2D eigenvalue weighted by molar-refractivity contribution is 7.25. The quantitative estimate of drug-likeness (QED) is 0.161. The van der Waals surface area contributed by atoms with Gasteiger partial charge in [0, 0.05) is 36.5 Å². The van der Waals surface area contributed by atoms with Crippen molar-refractivity contribution in [1.29, 1.82) is 0 Å². The second-order valence-electron chi connectivity index (χ2n) is 14.5. The van der Waals surface area contributed by atoms with E-state index in [0.717, 1.165) is 5.69 Å². The second kappa shape index (κ2) is 13.4. The zero-order chi connectivity index (χ0) is 37.0. The molecule has 11 aromatic rings. The van der Waals surface area contributed by atoms with E-state index >= 15 is 0 Å². The highest BCUT2D eigenvalue weighted by Gasteiger charge is 2.18. The van der Waals surface area contributed by atoms with Crippen molar-refractivity contribution in [3.63, 3.8) is 0 Å². The maximum absolute atomic E-state index is 2.46. The van der Waals surface area contributed by atoms with Crippen molar-refractivity contribution in [2.24, 2.45) is 0 Å². The lowest BCUT2D eigenvalue weighted by Gasteiger charge is -2.15. The van der Waals surface area contributed by atoms with Gasteiger partial charge in [0.1, 0.15) is 0 Å². The molecule has 0 radical (unpaired) electrons. The van der Waals surface area contributed by atoms with E-state index in [2.05, 4.69) is 217 Å². The van der Waals surface area contributed by atoms with Crippen LogP contribution in [0.5, 0.6) is 0 Å². The normalized spacial score (nSPS) is 11.6. The minimum Gasteiger partial charge on any atom is -0.309 e. The lowest BCUT2D eigenvalue weighted by molar-refractivity contribution is 1.18. The summed E-state index contributed by atoms with van der Waals surface area (Å²) in [4.78, 5) is 0. The van der Waals surface area contributed by atoms with E-state index in [1.54, 1.807) is 0 Å². The predicted octanol–water partition coefficient (Wildman–Crippen LogP) is 15.5. The highest BCUT2D eigenvalue weighted by atomic mass is 32.1. The molecule has 0 N–H and O–H groups in total. The lowest BCUT2D eigenvalue weighted by atomic mass is 9.96. The van der Waals surface area contributed by atoms with Crippen LogP contribution in [-0.2, 0) is 0 Å². The number of hydrogen-bond donors (Lipinski definition) is 0. The number of fused-ring (bicyclic) bond motifs is 6. The van der Waals surface area contributed by atoms with Crippen LogP contribution >= 0.6 is 11.3 Å². The van der Waals surface area contributed by atoms with Gasteiger partial charge in [-0.3, -0.25) is 0 Å². The van der Waals surface area contributed by atoms with Gasteiger partial charge in [0.25, 0.3) is 0 Å². The molecule has 0 saturated heterocycles. The van der Waals surface area contributed by atoms with Crippen molar-refractivity contribution >= 4 is 53.3 Å². The molecular weight excluding hydrogens is 695 g/mol. The first-order chi connectivity index (χ1) is 27.7. The summed E-state index contributed by atoms with van der Waals surface area (Å²) >= 11 is 1.87. The van der Waals surface area contributed by atoms with E-state index in [0.29, 0.717) is 0 Å². The molecule has 0 aliphatic carbocycles. The van der Waals surface area contributed by atoms with Crippen LogP contribution in [-0.4, -0.2) is 4.57 Å². The molecule has 0 aliphatic rings. The van der Waals surface area contributed by atoms with Crippen LogP contribution in [0.1, 0.15) is 0 Å². The summed E-state index contributed by atoms with van der Waals surface area (Å²) in [6.45, 7) is 0. The summed E-state index contributed by atoms with van der Waals surface area (Å²) in [5, 5.41) is 5.11. The lowest BCUT2D eigenvalue weighted by Crippen LogP contribution is -1.97. The monoisotopic (exact) mass is 729 g/mol. The van der Waals surface area contributed by atoms with E-state index < -0.39 is 0 Å². The fourth-order valence-electron chi connectivity index (χ4n) is 8.45. The highest BCUT2D eigenvalue weighted by Crippen LogP contribution is 2.42. The Morgan fingerprint density at radius 1 is 0.268 bits per heavy atom. The Bertz CT molecular complexity index is 3130. The summed E-state index contributed by atoms with van der Waals surface area (Å²) in [5.41, 5.74) is 15.7. The Labute approximate surface area is 330 Å². The molecular formula is C54H35NS. The van der Waals surface area contributed by atoms with Gasteiger partial charge in [-0.2, -0.15) is 0 Å². The van der Waals surface area contributed by atoms with Crippen LogP contribution in [0, 0.1) is 0 Å². The average Bonchev–Trinajstić information content (AvgIpc) is 3.81. The molecule has 0 fully saturated rings. The molecule has 11 rings (SSSR count). The van der Waals surface area contributed by atoms with Crippen molar-refractivity contribution in [3.05, 3.63) is 212 Å². The Morgan fingerprint density at radius 2 is 0.661 bits per heavy atom. The maximum Gasteiger partial charge on any atom is 0.0541 e. The zero-order valence-corrected chi connectivity index (χ0v) is 31.4. The van der Waals surface area contributed by atoms with Crippen molar-refractivity contribution in [1.82, 2.24) is 4.57 Å². The van der Waals surface area contributed by atoms with Gasteiger partial charge < -0.3 is 4.57 Å². The third kappa shape index (κ3) is 5.54. The van der Waals surface area contributed by atoms with E-state index in [1.165, 1.54) is 97.6 Å². The largest absolute Gasteiger partial charge is 0.309 e. The Hall–Kier alpha value is -7.00. The molecule has 9 aromatic carbocycles. The van der Waals surface area contributed by atoms with Gasteiger partial charge in [-0.05, 0) is 111 Å². The number of nitrogens with zero attached hydrogens (tertiary/aromatic N) is 1. The molecule has 0 bridgehead atoms. The van der Waals surface area contributed by atoms with Crippen LogP contribution in [0.25, 0.3) is 103 Å². The third-order valence-electron chi connectivity index (χ3n) is 11.2. The second-order valence-corrected chi connectivity index (χ2v) is 15.6. The fourth-order valence-corrected chi connectivity index (χ4v) is 9.52. The summed E-state index contributed by atoms with van der Waals surface area (Å²) in [6, 6.07) is 77.7. The van der Waals surface area contributed by atoms with Gasteiger partial charge in [-0.1, -0.05) is 152 Å². The Kier molecular flexibility index (Phi) is 7.75. The maximum atomic E-state index is 2.46. The minimum atomic E-state index is 1.16. The molecule has 2 aromatic heterocycles. The number of para-hydroxylation sites is 1. The summed E-state index contributed by atoms with van der Waals surface area (Å²) in [5.74, 6) is 0. The summed E-state index contributed by atoms with van der Waals surface area (Å²) in [6.07, 6.45) is 0. The number of benzene rings is 9. The predicted molar refractivity (Wildman–Crippen MR) is 241 cm³/mol. The molecule has 0 saturated carbocycles. The van der Waals surface area contributed by atoms with Crippen LogP contribution in [0.4, 0.5) is 0 Å². The standard InChI is InChI=1S/C54H35NS/c1-4-13-36(14-5-1)40-23-27-51-46(32-40)47-33-41(37-15-6-2-7-16-37)24-28-52(47)55(51)50-22-11-10-21-45(50)44-20-12-19-39(31-44)43-26-30-54-49(35-43)48-34-42(25-29-53(48)56-54)38-17-8-3-9-18-38/h1-35H. The number of thiophene rings is 1. The van der Waals surface area contributed by atoms with Gasteiger partial charge in [-0.15, -0.1) is 11.3 Å². The molecule has 0 unspecified atom stereocenters. The van der Waals surface area contributed by atoms with Crippen molar-refractivity contribution < 1.29 is 0 Å². The van der Waals surface area contributed by atoms with Crippen LogP contribution in [0.15, 0.2) is 212 Å². The van der Waals surface area contributed by atoms with Gasteiger partial charge in [-0.25, -0.2) is 0 Å². The van der Waals surface area contributed by atoms with Crippen LogP contribution < -0.4 is 0 Å². The molecule has 56 heavy (non-hydrogen) atoms. The first-order valence-electron chi connectivity index (χ1n) is 19.2. The van der Waals surface area contributed by atoms with Gasteiger partial charge in [0.05, 0.1) is 16.7 Å². The molecule has 2 heterocycles. The molecule has 0 aliphatic heterocycles. The van der Waals surface area contributed by atoms with E-state index in [-0.39, 0.29) is 0 Å². The van der Waals surface area contributed by atoms with E-state index in [4.69, 9.17) is 0 Å². The molecule has 0 atom stereocenters. The SMILES string of the molecule is c1ccc(-c2ccc3sc4ccc(-c5cccc(-c6ccccc6-n6c7ccc(-c8ccccc8)cc7c7cc(-c8ccccc8)ccc76)c5)cc4c3c2)cc1. The summed E-state index contributed by atoms with van der Waals surface area (Å²) < 4.78 is 5.09. The summed E-state index contributed by atoms with van der Waals surface area (Å²) in [7, 11) is 0. The van der Waals surface area contributed by atoms with Gasteiger partial charge in [0.15, 0.2) is 0 Å². The molecule has 0 amide bonds. The Balaban J connectivity index is 1.06. The molecule has 262 valence electrons. The van der Waals surface area contributed by atoms with Crippen molar-refractivity contribution in [2.75, 3.05) is 0 Å². The zero-order valence-electron chi connectivity index (χ0n) is 30.6. The van der Waals surface area contributed by atoms with Gasteiger partial charge >= 0.3 is 0 Å². The molecule has 0 spiro atoms. The topological polar surface area (TPSA) is 4.93 Å². The third-order valence-corrected chi connectivity index (χ3v) is 12.4. The first-order valence-corrected chi connectivity index (χ1v) is 20.0. The van der Waals surface area contributed by atoms with Crippen LogP contribution in [0.2, 0.25) is 0 Å². The molecule has 2 heteroatoms. The van der Waals surface area contributed by atoms with Crippen molar-refractivity contribution in [3.8, 4) is 61.3 Å². The smallest absolute Gasteiger partial charge is 0.0541 e. The van der Waals surface area contributed by atoms with E-state index in [9.17, 15) is 0 Å². The molecule has 1 nitrogen and oxygen atoms in total. The fraction of sp³-hybridized carbons (Fsp3) is 0. The van der Waals surface area contributed by atoms with Gasteiger partial charge in [0.2, 0.25) is 0 Å². The number of hydrogen-bond acceptors (Lipinski definition) is 1. The average molecular weight is 730 g/mol.